The second kappa shape index (κ2) is 10.5. The van der Waals surface area contributed by atoms with Crippen LogP contribution in [0.1, 0.15) is 83.8 Å². The number of hydrogen-bond acceptors (Lipinski definition) is 5. The van der Waals surface area contributed by atoms with Crippen LogP contribution in [0.2, 0.25) is 0 Å². The van der Waals surface area contributed by atoms with E-state index in [1.54, 1.807) is 33.8 Å². The zero-order chi connectivity index (χ0) is 23.1. The van der Waals surface area contributed by atoms with Crippen molar-refractivity contribution in [3.05, 3.63) is 17.2 Å². The summed E-state index contributed by atoms with van der Waals surface area (Å²) in [5.74, 6) is -2.85. The molecule has 1 aromatic carbocycles. The van der Waals surface area contributed by atoms with Crippen LogP contribution >= 0.6 is 0 Å². The van der Waals surface area contributed by atoms with Crippen molar-refractivity contribution in [2.45, 2.75) is 85.5 Å². The number of aliphatic carboxylic acids is 2. The first-order chi connectivity index (χ1) is 13.8. The maximum Gasteiger partial charge on any atom is 0.309 e. The van der Waals surface area contributed by atoms with Crippen molar-refractivity contribution >= 4 is 11.9 Å². The Morgan fingerprint density at radius 2 is 1.03 bits per heavy atom. The number of hydrogen-bond donors (Lipinski definition) is 5. The minimum Gasteiger partial charge on any atom is -0.504 e. The van der Waals surface area contributed by atoms with Gasteiger partial charge in [-0.2, -0.15) is 0 Å². The summed E-state index contributed by atoms with van der Waals surface area (Å²) in [6.45, 7) is 6.75. The Kier molecular flexibility index (Phi) is 9.00. The molecule has 170 valence electrons. The van der Waals surface area contributed by atoms with E-state index in [4.69, 9.17) is 10.2 Å². The third-order valence-electron chi connectivity index (χ3n) is 5.81. The van der Waals surface area contributed by atoms with Gasteiger partial charge < -0.3 is 25.5 Å². The van der Waals surface area contributed by atoms with Crippen LogP contribution in [-0.4, -0.2) is 37.5 Å². The molecule has 7 nitrogen and oxygen atoms in total. The van der Waals surface area contributed by atoms with Crippen molar-refractivity contribution in [3.63, 3.8) is 0 Å². The van der Waals surface area contributed by atoms with Gasteiger partial charge in [-0.15, -0.1) is 0 Å². The average Bonchev–Trinajstić information content (AvgIpc) is 2.65. The van der Waals surface area contributed by atoms with Gasteiger partial charge in [0.25, 0.3) is 0 Å². The van der Waals surface area contributed by atoms with E-state index in [1.165, 1.54) is 0 Å². The number of unbranched alkanes of at least 4 members (excludes halogenated alkanes) is 3. The Morgan fingerprint density at radius 3 is 1.43 bits per heavy atom. The molecule has 30 heavy (non-hydrogen) atoms. The second-order valence-corrected chi connectivity index (χ2v) is 9.39. The number of rotatable bonds is 13. The van der Waals surface area contributed by atoms with E-state index in [-0.39, 0.29) is 11.5 Å². The second-order valence-electron chi connectivity index (χ2n) is 9.39. The molecule has 1 aromatic rings. The number of phenolic OH excluding ortho intramolecular Hbond substituents is 3. The Hall–Kier alpha value is -2.44. The van der Waals surface area contributed by atoms with E-state index >= 15 is 0 Å². The molecule has 0 aromatic heterocycles. The van der Waals surface area contributed by atoms with Gasteiger partial charge in [0.2, 0.25) is 5.75 Å². The van der Waals surface area contributed by atoms with Gasteiger partial charge in [0.05, 0.1) is 10.8 Å². The summed E-state index contributed by atoms with van der Waals surface area (Å²) in [5.41, 5.74) is -0.495. The molecule has 0 aliphatic heterocycles. The first kappa shape index (κ1) is 25.6. The summed E-state index contributed by atoms with van der Waals surface area (Å²) >= 11 is 0. The Balaban J connectivity index is 2.64. The van der Waals surface area contributed by atoms with Crippen LogP contribution in [0.5, 0.6) is 17.2 Å². The van der Waals surface area contributed by atoms with Gasteiger partial charge in [-0.25, -0.2) is 0 Å². The highest BCUT2D eigenvalue weighted by molar-refractivity contribution is 5.73. The van der Waals surface area contributed by atoms with E-state index in [9.17, 15) is 24.9 Å². The standard InChI is InChI=1S/C23H36O7/c1-22(2,20(27)28)12-8-5-6-10-15-14-16(18(25)19(26)17(15)24)11-7-9-13-23(3,4)21(29)30/h14,24-26H,5-13H2,1-4H3,(H,27,28)(H,29,30). The molecule has 0 spiro atoms. The molecular weight excluding hydrogens is 388 g/mol. The largest absolute Gasteiger partial charge is 0.504 e. The highest BCUT2D eigenvalue weighted by Crippen LogP contribution is 2.41. The van der Waals surface area contributed by atoms with Gasteiger partial charge in [-0.05, 0) is 83.4 Å². The SMILES string of the molecule is CC(C)(CCCCCc1cc(CCCCC(C)(C)C(=O)O)c(O)c(O)c1O)C(=O)O. The molecule has 5 N–H and O–H groups in total. The normalized spacial score (nSPS) is 12.1. The number of phenols is 3. The summed E-state index contributed by atoms with van der Waals surface area (Å²) in [7, 11) is 0. The Morgan fingerprint density at radius 1 is 0.667 bits per heavy atom. The molecule has 1 rings (SSSR count). The number of aromatic hydroxyl groups is 3. The van der Waals surface area contributed by atoms with Crippen LogP contribution in [0, 0.1) is 10.8 Å². The van der Waals surface area contributed by atoms with Crippen LogP contribution < -0.4 is 0 Å². The van der Waals surface area contributed by atoms with Crippen molar-refractivity contribution in [1.82, 2.24) is 0 Å². The number of carboxylic acids is 2. The van der Waals surface area contributed by atoms with Gasteiger partial charge >= 0.3 is 11.9 Å². The van der Waals surface area contributed by atoms with Crippen LogP contribution in [-0.2, 0) is 22.4 Å². The molecule has 0 radical (unpaired) electrons. The molecule has 0 bridgehead atoms. The fraction of sp³-hybridized carbons (Fsp3) is 0.652. The van der Waals surface area contributed by atoms with E-state index in [0.717, 1.165) is 19.3 Å². The van der Waals surface area contributed by atoms with Crippen molar-refractivity contribution < 1.29 is 35.1 Å². The third-order valence-corrected chi connectivity index (χ3v) is 5.81. The van der Waals surface area contributed by atoms with E-state index < -0.39 is 28.5 Å². The summed E-state index contributed by atoms with van der Waals surface area (Å²) in [6, 6.07) is 1.69. The average molecular weight is 425 g/mol. The van der Waals surface area contributed by atoms with Crippen LogP contribution in [0.3, 0.4) is 0 Å². The number of carbonyl (C=O) groups is 2. The zero-order valence-electron chi connectivity index (χ0n) is 18.5. The van der Waals surface area contributed by atoms with Gasteiger partial charge in [0, 0.05) is 0 Å². The van der Waals surface area contributed by atoms with E-state index in [0.29, 0.717) is 49.7 Å². The lowest BCUT2D eigenvalue weighted by atomic mass is 9.86. The number of benzene rings is 1. The molecule has 0 saturated carbocycles. The molecule has 0 heterocycles. The lowest BCUT2D eigenvalue weighted by Crippen LogP contribution is -2.23. The Labute approximate surface area is 178 Å². The van der Waals surface area contributed by atoms with Gasteiger partial charge in [0.15, 0.2) is 11.5 Å². The van der Waals surface area contributed by atoms with Crippen LogP contribution in [0.4, 0.5) is 0 Å². The maximum absolute atomic E-state index is 11.2. The third kappa shape index (κ3) is 7.11. The topological polar surface area (TPSA) is 135 Å². The number of carboxylic acid groups (broad SMARTS) is 2. The molecular formula is C23H36O7. The van der Waals surface area contributed by atoms with E-state index in [2.05, 4.69) is 0 Å². The van der Waals surface area contributed by atoms with Crippen LogP contribution in [0.25, 0.3) is 0 Å². The molecule has 0 atom stereocenters. The maximum atomic E-state index is 11.2. The number of aryl methyl sites for hydroxylation is 2. The summed E-state index contributed by atoms with van der Waals surface area (Å²) in [5, 5.41) is 48.7. The molecule has 0 unspecified atom stereocenters. The van der Waals surface area contributed by atoms with Crippen molar-refractivity contribution in [2.75, 3.05) is 0 Å². The predicted molar refractivity (Wildman–Crippen MR) is 114 cm³/mol. The molecule has 0 amide bonds. The highest BCUT2D eigenvalue weighted by Gasteiger charge is 2.27. The van der Waals surface area contributed by atoms with Gasteiger partial charge in [-0.1, -0.05) is 19.3 Å². The fourth-order valence-corrected chi connectivity index (χ4v) is 3.30. The molecule has 0 saturated heterocycles. The van der Waals surface area contributed by atoms with Crippen molar-refractivity contribution in [3.8, 4) is 17.2 Å². The minimum atomic E-state index is -0.846. The lowest BCUT2D eigenvalue weighted by Gasteiger charge is -2.19. The smallest absolute Gasteiger partial charge is 0.309 e. The highest BCUT2D eigenvalue weighted by atomic mass is 16.4. The van der Waals surface area contributed by atoms with E-state index in [1.807, 2.05) is 0 Å². The lowest BCUT2D eigenvalue weighted by molar-refractivity contribution is -0.148. The minimum absolute atomic E-state index is 0.325. The van der Waals surface area contributed by atoms with Gasteiger partial charge in [-0.3, -0.25) is 9.59 Å². The van der Waals surface area contributed by atoms with Crippen molar-refractivity contribution in [2.24, 2.45) is 10.8 Å². The first-order valence-electron chi connectivity index (χ1n) is 10.5. The van der Waals surface area contributed by atoms with Gasteiger partial charge in [0.1, 0.15) is 0 Å². The summed E-state index contributed by atoms with van der Waals surface area (Å²) in [6.07, 6.45) is 5.61. The predicted octanol–water partition coefficient (Wildman–Crippen LogP) is 4.84. The first-order valence-corrected chi connectivity index (χ1v) is 10.5. The fourth-order valence-electron chi connectivity index (χ4n) is 3.30. The molecule has 7 heteroatoms. The molecule has 0 fully saturated rings. The Bertz CT molecular complexity index is 750. The van der Waals surface area contributed by atoms with Crippen LogP contribution in [0.15, 0.2) is 6.07 Å². The quantitative estimate of drug-likeness (QED) is 0.226. The zero-order valence-corrected chi connectivity index (χ0v) is 18.5. The van der Waals surface area contributed by atoms with Crippen molar-refractivity contribution in [1.29, 1.82) is 0 Å². The molecule has 0 aliphatic carbocycles. The molecule has 0 aliphatic rings. The summed E-state index contributed by atoms with van der Waals surface area (Å²) < 4.78 is 0. The summed E-state index contributed by atoms with van der Waals surface area (Å²) in [4.78, 5) is 22.3. The monoisotopic (exact) mass is 424 g/mol.